The van der Waals surface area contributed by atoms with E-state index in [0.717, 1.165) is 109 Å². The lowest BCUT2D eigenvalue weighted by Crippen LogP contribution is -2.30. The number of rotatable bonds is 53. The zero-order chi connectivity index (χ0) is 50.0. The molecule has 1 atom stereocenters. The summed E-state index contributed by atoms with van der Waals surface area (Å²) in [7, 11) is 0. The summed E-state index contributed by atoms with van der Waals surface area (Å²) in [6.45, 7) is 6.51. The van der Waals surface area contributed by atoms with Crippen LogP contribution in [0.5, 0.6) is 0 Å². The highest BCUT2D eigenvalue weighted by Gasteiger charge is 2.19. The summed E-state index contributed by atoms with van der Waals surface area (Å²) in [5, 5.41) is 0. The van der Waals surface area contributed by atoms with Crippen molar-refractivity contribution in [1.82, 2.24) is 0 Å². The Morgan fingerprint density at radius 2 is 0.565 bits per heavy atom. The van der Waals surface area contributed by atoms with Crippen LogP contribution >= 0.6 is 0 Å². The van der Waals surface area contributed by atoms with E-state index in [-0.39, 0.29) is 31.1 Å². The van der Waals surface area contributed by atoms with Crippen LogP contribution in [0.15, 0.2) is 72.9 Å². The van der Waals surface area contributed by atoms with Crippen LogP contribution in [0.2, 0.25) is 0 Å². The summed E-state index contributed by atoms with van der Waals surface area (Å²) < 4.78 is 16.9. The minimum atomic E-state index is -0.791. The van der Waals surface area contributed by atoms with Gasteiger partial charge in [0.05, 0.1) is 0 Å². The van der Waals surface area contributed by atoms with Gasteiger partial charge in [-0.3, -0.25) is 14.4 Å². The number of esters is 3. The van der Waals surface area contributed by atoms with Gasteiger partial charge in [0.15, 0.2) is 6.10 Å². The molecule has 0 aromatic heterocycles. The van der Waals surface area contributed by atoms with Crippen molar-refractivity contribution in [1.29, 1.82) is 0 Å². The first kappa shape index (κ1) is 65.8. The number of carbonyl (C=O) groups excluding carboxylic acids is 3. The quantitative estimate of drug-likeness (QED) is 0.0262. The van der Waals surface area contributed by atoms with E-state index in [9.17, 15) is 14.4 Å². The first-order valence-corrected chi connectivity index (χ1v) is 29.4. The molecular formula is C63H110O6. The molecule has 0 bridgehead atoms. The van der Waals surface area contributed by atoms with Crippen LogP contribution < -0.4 is 0 Å². The van der Waals surface area contributed by atoms with E-state index in [1.807, 2.05) is 0 Å². The molecule has 0 aliphatic rings. The fourth-order valence-electron chi connectivity index (χ4n) is 8.29. The van der Waals surface area contributed by atoms with Gasteiger partial charge < -0.3 is 14.2 Å². The summed E-state index contributed by atoms with van der Waals surface area (Å²) in [4.78, 5) is 38.2. The van der Waals surface area contributed by atoms with E-state index >= 15 is 0 Å². The molecule has 0 aliphatic carbocycles. The highest BCUT2D eigenvalue weighted by molar-refractivity contribution is 5.71. The molecule has 6 heteroatoms. The number of carbonyl (C=O) groups is 3. The van der Waals surface area contributed by atoms with E-state index in [4.69, 9.17) is 14.2 Å². The average molecular weight is 964 g/mol. The van der Waals surface area contributed by atoms with E-state index in [0.29, 0.717) is 19.3 Å². The summed E-state index contributed by atoms with van der Waals surface area (Å²) in [5.74, 6) is -0.906. The molecule has 398 valence electrons. The van der Waals surface area contributed by atoms with Gasteiger partial charge in [0, 0.05) is 19.3 Å². The van der Waals surface area contributed by atoms with Crippen molar-refractivity contribution in [3.63, 3.8) is 0 Å². The topological polar surface area (TPSA) is 78.9 Å². The number of allylic oxidation sites excluding steroid dienone is 12. The molecule has 0 fully saturated rings. The van der Waals surface area contributed by atoms with Crippen molar-refractivity contribution in [3.05, 3.63) is 72.9 Å². The molecule has 0 aliphatic heterocycles. The highest BCUT2D eigenvalue weighted by atomic mass is 16.6. The van der Waals surface area contributed by atoms with Gasteiger partial charge in [-0.25, -0.2) is 0 Å². The van der Waals surface area contributed by atoms with E-state index in [2.05, 4.69) is 93.7 Å². The Morgan fingerprint density at radius 1 is 0.304 bits per heavy atom. The third-order valence-electron chi connectivity index (χ3n) is 12.7. The molecule has 0 amide bonds. The molecular weight excluding hydrogens is 853 g/mol. The van der Waals surface area contributed by atoms with Crippen LogP contribution in [0.1, 0.15) is 290 Å². The maximum absolute atomic E-state index is 12.9. The monoisotopic (exact) mass is 963 g/mol. The highest BCUT2D eigenvalue weighted by Crippen LogP contribution is 2.16. The second-order valence-electron chi connectivity index (χ2n) is 19.5. The summed E-state index contributed by atoms with van der Waals surface area (Å²) in [6.07, 6.45) is 73.2. The number of unbranched alkanes of at least 4 members (excludes halogenated alkanes) is 30. The van der Waals surface area contributed by atoms with Gasteiger partial charge in [0.2, 0.25) is 0 Å². The maximum Gasteiger partial charge on any atom is 0.306 e. The number of hydrogen-bond donors (Lipinski definition) is 0. The third-order valence-corrected chi connectivity index (χ3v) is 12.7. The zero-order valence-corrected chi connectivity index (χ0v) is 45.6. The van der Waals surface area contributed by atoms with Gasteiger partial charge in [-0.15, -0.1) is 0 Å². The Morgan fingerprint density at radius 3 is 0.899 bits per heavy atom. The van der Waals surface area contributed by atoms with Gasteiger partial charge >= 0.3 is 17.9 Å². The van der Waals surface area contributed by atoms with Crippen LogP contribution in [-0.2, 0) is 28.6 Å². The Hall–Kier alpha value is -3.15. The number of hydrogen-bond acceptors (Lipinski definition) is 6. The lowest BCUT2D eigenvalue weighted by molar-refractivity contribution is -0.167. The summed E-state index contributed by atoms with van der Waals surface area (Å²) in [5.41, 5.74) is 0. The zero-order valence-electron chi connectivity index (χ0n) is 45.6. The van der Waals surface area contributed by atoms with Crippen LogP contribution in [0, 0.1) is 0 Å². The molecule has 0 aromatic carbocycles. The fraction of sp³-hybridized carbons (Fsp3) is 0.762. The Bertz CT molecular complexity index is 1290. The fourth-order valence-corrected chi connectivity index (χ4v) is 8.29. The molecule has 0 spiro atoms. The molecule has 0 heterocycles. The van der Waals surface area contributed by atoms with Crippen molar-refractivity contribution in [2.75, 3.05) is 13.2 Å². The molecule has 6 nitrogen and oxygen atoms in total. The number of ether oxygens (including phenoxy) is 3. The molecule has 0 rings (SSSR count). The van der Waals surface area contributed by atoms with Crippen LogP contribution in [0.4, 0.5) is 0 Å². The predicted octanol–water partition coefficient (Wildman–Crippen LogP) is 19.8. The minimum Gasteiger partial charge on any atom is -0.462 e. The van der Waals surface area contributed by atoms with Crippen LogP contribution in [0.3, 0.4) is 0 Å². The van der Waals surface area contributed by atoms with Crippen molar-refractivity contribution in [2.45, 2.75) is 297 Å². The lowest BCUT2D eigenvalue weighted by atomic mass is 10.0. The summed E-state index contributed by atoms with van der Waals surface area (Å²) >= 11 is 0. The molecule has 0 saturated heterocycles. The SMILES string of the molecule is CC/C=C\C/C=C\C/C=C\C/C=C\CCCCCCC(=O)OC(COC(=O)CCCCCCCCC/C=C\C/C=C\CCCCCC)COC(=O)CCCCCCCCCCCCCCCCCC. The van der Waals surface area contributed by atoms with E-state index in [1.165, 1.54) is 141 Å². The first-order valence-electron chi connectivity index (χ1n) is 29.4. The maximum atomic E-state index is 12.9. The normalized spacial score (nSPS) is 12.6. The van der Waals surface area contributed by atoms with E-state index in [1.54, 1.807) is 0 Å². The largest absolute Gasteiger partial charge is 0.462 e. The third kappa shape index (κ3) is 55.6. The Balaban J connectivity index is 4.42. The molecule has 1 unspecified atom stereocenters. The standard InChI is InChI=1S/C63H110O6/c1-4-7-10-13-16-19-22-25-28-31-33-35-38-41-44-47-50-53-56-62(65)68-59-60(58-67-61(64)55-52-49-46-43-40-37-34-30-27-24-21-18-15-12-9-6-3)69-63(66)57-54-51-48-45-42-39-36-32-29-26-23-20-17-14-11-8-5-2/h8,11,17,19-20,22,26,28-29,31,36,39,60H,4-7,9-10,12-16,18,21,23-25,27,30,32-35,37-38,40-59H2,1-3H3/b11-8-,20-17-,22-19-,29-26-,31-28-,39-36-. The first-order chi connectivity index (χ1) is 34.0. The molecule has 0 N–H and O–H groups in total. The lowest BCUT2D eigenvalue weighted by Gasteiger charge is -2.18. The van der Waals surface area contributed by atoms with E-state index < -0.39 is 6.10 Å². The smallest absolute Gasteiger partial charge is 0.306 e. The molecule has 69 heavy (non-hydrogen) atoms. The summed E-state index contributed by atoms with van der Waals surface area (Å²) in [6, 6.07) is 0. The van der Waals surface area contributed by atoms with Crippen molar-refractivity contribution >= 4 is 17.9 Å². The second kappa shape index (κ2) is 57.4. The average Bonchev–Trinajstić information content (AvgIpc) is 3.35. The van der Waals surface area contributed by atoms with Gasteiger partial charge in [-0.1, -0.05) is 254 Å². The minimum absolute atomic E-state index is 0.0857. The van der Waals surface area contributed by atoms with Gasteiger partial charge in [-0.05, 0) is 89.9 Å². The molecule has 0 radical (unpaired) electrons. The second-order valence-corrected chi connectivity index (χ2v) is 19.5. The van der Waals surface area contributed by atoms with Gasteiger partial charge in [0.25, 0.3) is 0 Å². The molecule has 0 saturated carbocycles. The van der Waals surface area contributed by atoms with Crippen LogP contribution in [0.25, 0.3) is 0 Å². The van der Waals surface area contributed by atoms with Crippen molar-refractivity contribution in [3.8, 4) is 0 Å². The predicted molar refractivity (Wildman–Crippen MR) is 298 cm³/mol. The van der Waals surface area contributed by atoms with Crippen molar-refractivity contribution in [2.24, 2.45) is 0 Å². The van der Waals surface area contributed by atoms with Gasteiger partial charge in [-0.2, -0.15) is 0 Å². The Kier molecular flexibility index (Phi) is 54.8. The van der Waals surface area contributed by atoms with Crippen molar-refractivity contribution < 1.29 is 28.6 Å². The van der Waals surface area contributed by atoms with Gasteiger partial charge in [0.1, 0.15) is 13.2 Å². The molecule has 0 aromatic rings. The Labute approximate surface area is 427 Å². The van der Waals surface area contributed by atoms with Crippen LogP contribution in [-0.4, -0.2) is 37.2 Å².